The number of aliphatic hydroxyl groups excluding tert-OH is 2. The van der Waals surface area contributed by atoms with E-state index in [2.05, 4.69) is 31.3 Å². The Kier molecular flexibility index (Phi) is 37.2. The highest BCUT2D eigenvalue weighted by atomic mass is 32.2. The molecule has 7 nitrogen and oxygen atoms in total. The number of hydrogen-bond acceptors (Lipinski definition) is 5. The van der Waals surface area contributed by atoms with Crippen LogP contribution in [-0.4, -0.2) is 53.1 Å². The van der Waals surface area contributed by atoms with Crippen molar-refractivity contribution in [2.75, 3.05) is 5.75 Å². The number of carbonyl (C=O) groups excluding carboxylic acids is 1. The minimum atomic E-state index is -4.45. The van der Waals surface area contributed by atoms with Gasteiger partial charge in [0.15, 0.2) is 0 Å². The lowest BCUT2D eigenvalue weighted by molar-refractivity contribution is -0.130. The minimum absolute atomic E-state index is 0.278. The molecule has 0 radical (unpaired) electrons. The van der Waals surface area contributed by atoms with Crippen molar-refractivity contribution in [1.82, 2.24) is 5.32 Å². The maximum atomic E-state index is 12.6. The highest BCUT2D eigenvalue weighted by Crippen LogP contribution is 2.16. The average molecular weight is 756 g/mol. The fraction of sp³-hybridized carbons (Fsp3) is 0.886. The molecule has 3 unspecified atom stereocenters. The molecule has 3 atom stereocenters. The third-order valence-corrected chi connectivity index (χ3v) is 11.0. The maximum Gasteiger partial charge on any atom is 0.267 e. The van der Waals surface area contributed by atoms with Crippen LogP contribution in [0.2, 0.25) is 0 Å². The second kappa shape index (κ2) is 38.1. The first-order valence-corrected chi connectivity index (χ1v) is 23.8. The first-order valence-electron chi connectivity index (χ1n) is 22.1. The van der Waals surface area contributed by atoms with Crippen molar-refractivity contribution in [3.63, 3.8) is 0 Å². The Hall–Kier alpha value is -1.22. The third-order valence-electron chi connectivity index (χ3n) is 10.2. The zero-order valence-electron chi connectivity index (χ0n) is 34.1. The van der Waals surface area contributed by atoms with Gasteiger partial charge in [-0.25, -0.2) is 0 Å². The van der Waals surface area contributed by atoms with E-state index >= 15 is 0 Å². The van der Waals surface area contributed by atoms with Gasteiger partial charge in [-0.05, 0) is 32.1 Å². The summed E-state index contributed by atoms with van der Waals surface area (Å²) in [5.74, 6) is -1.55. The van der Waals surface area contributed by atoms with E-state index in [1.54, 1.807) is 6.08 Å². The van der Waals surface area contributed by atoms with Crippen molar-refractivity contribution in [3.8, 4) is 0 Å². The Morgan fingerprint density at radius 3 is 1.27 bits per heavy atom. The molecule has 308 valence electrons. The molecule has 0 rings (SSSR count). The number of nitrogens with one attached hydrogen (secondary N) is 1. The zero-order chi connectivity index (χ0) is 38.4. The van der Waals surface area contributed by atoms with E-state index < -0.39 is 40.0 Å². The van der Waals surface area contributed by atoms with Gasteiger partial charge >= 0.3 is 0 Å². The third kappa shape index (κ3) is 37.1. The molecule has 4 N–H and O–H groups in total. The molecule has 0 saturated carbocycles. The smallest absolute Gasteiger partial charge is 0.267 e. The fourth-order valence-electron chi connectivity index (χ4n) is 6.83. The topological polar surface area (TPSA) is 124 Å². The number of amides is 1. The summed E-state index contributed by atoms with van der Waals surface area (Å²) in [6.07, 6.45) is 45.3. The van der Waals surface area contributed by atoms with E-state index in [0.717, 1.165) is 32.1 Å². The summed E-state index contributed by atoms with van der Waals surface area (Å²) in [5.41, 5.74) is 0. The summed E-state index contributed by atoms with van der Waals surface area (Å²) < 4.78 is 32.5. The lowest BCUT2D eigenvalue weighted by atomic mass is 10.0. The van der Waals surface area contributed by atoms with Gasteiger partial charge in [0.05, 0.1) is 17.9 Å². The quantitative estimate of drug-likeness (QED) is 0.0280. The Bertz CT molecular complexity index is 937. The van der Waals surface area contributed by atoms with Crippen LogP contribution in [-0.2, 0) is 14.9 Å². The van der Waals surface area contributed by atoms with E-state index in [0.29, 0.717) is 12.8 Å². The summed E-state index contributed by atoms with van der Waals surface area (Å²) in [6, 6.07) is -1.24. The molecule has 0 spiro atoms. The van der Waals surface area contributed by atoms with Gasteiger partial charge in [0.25, 0.3) is 10.1 Å². The summed E-state index contributed by atoms with van der Waals surface area (Å²) in [4.78, 5) is 12.6. The van der Waals surface area contributed by atoms with E-state index in [1.165, 1.54) is 167 Å². The van der Waals surface area contributed by atoms with Gasteiger partial charge in [0.2, 0.25) is 5.91 Å². The highest BCUT2D eigenvalue weighted by Gasteiger charge is 2.27. The molecular formula is C44H85NO6S. The number of unbranched alkanes of at least 4 members (excludes halogenated alkanes) is 29. The molecule has 1 amide bonds. The van der Waals surface area contributed by atoms with E-state index in [9.17, 15) is 28.0 Å². The summed E-state index contributed by atoms with van der Waals surface area (Å²) in [7, 11) is -4.45. The largest absolute Gasteiger partial charge is 0.387 e. The lowest BCUT2D eigenvalue weighted by Gasteiger charge is -2.22. The van der Waals surface area contributed by atoms with Crippen molar-refractivity contribution < 1.29 is 28.0 Å². The SMILES string of the molecule is CCCCCCCCCCC/C=C/CC/C=C/C(O)C(CS(=O)(=O)O)NC(=O)C(O)CCCCCCCCCCCCCCCCCCCCCC. The number of carbonyl (C=O) groups is 1. The van der Waals surface area contributed by atoms with Crippen molar-refractivity contribution in [2.45, 2.75) is 244 Å². The van der Waals surface area contributed by atoms with Crippen molar-refractivity contribution >= 4 is 16.0 Å². The van der Waals surface area contributed by atoms with E-state index in [-0.39, 0.29) is 6.42 Å². The number of aliphatic hydroxyl groups is 2. The first-order chi connectivity index (χ1) is 25.2. The zero-order valence-corrected chi connectivity index (χ0v) is 34.9. The van der Waals surface area contributed by atoms with Crippen LogP contribution in [0.5, 0.6) is 0 Å². The molecule has 0 aromatic rings. The van der Waals surface area contributed by atoms with Crippen LogP contribution in [0.1, 0.15) is 226 Å². The molecule has 0 saturated heterocycles. The van der Waals surface area contributed by atoms with Gasteiger partial charge in [-0.1, -0.05) is 218 Å². The van der Waals surface area contributed by atoms with Crippen LogP contribution < -0.4 is 5.32 Å². The fourth-order valence-corrected chi connectivity index (χ4v) is 7.56. The molecule has 0 bridgehead atoms. The Balaban J connectivity index is 3.98. The van der Waals surface area contributed by atoms with Crippen LogP contribution in [0, 0.1) is 0 Å². The normalized spacial score (nSPS) is 14.0. The van der Waals surface area contributed by atoms with Crippen LogP contribution in [0.3, 0.4) is 0 Å². The summed E-state index contributed by atoms with van der Waals surface area (Å²) >= 11 is 0. The van der Waals surface area contributed by atoms with Crippen molar-refractivity contribution in [3.05, 3.63) is 24.3 Å². The first kappa shape index (κ1) is 50.8. The monoisotopic (exact) mass is 756 g/mol. The molecule has 0 aliphatic heterocycles. The summed E-state index contributed by atoms with van der Waals surface area (Å²) in [6.45, 7) is 4.52. The average Bonchev–Trinajstić information content (AvgIpc) is 3.11. The van der Waals surface area contributed by atoms with Crippen LogP contribution >= 0.6 is 0 Å². The van der Waals surface area contributed by atoms with Crippen LogP contribution in [0.25, 0.3) is 0 Å². The number of rotatable bonds is 40. The minimum Gasteiger partial charge on any atom is -0.387 e. The van der Waals surface area contributed by atoms with Crippen LogP contribution in [0.15, 0.2) is 24.3 Å². The lowest BCUT2D eigenvalue weighted by Crippen LogP contribution is -2.50. The predicted molar refractivity (Wildman–Crippen MR) is 222 cm³/mol. The molecule has 0 aromatic carbocycles. The molecule has 0 heterocycles. The number of allylic oxidation sites excluding steroid dienone is 3. The second-order valence-electron chi connectivity index (χ2n) is 15.5. The summed E-state index contributed by atoms with van der Waals surface area (Å²) in [5, 5.41) is 23.4. The maximum absolute atomic E-state index is 12.6. The Morgan fingerprint density at radius 2 is 0.865 bits per heavy atom. The van der Waals surface area contributed by atoms with E-state index in [1.807, 2.05) is 0 Å². The molecule has 0 fully saturated rings. The Morgan fingerprint density at radius 1 is 0.519 bits per heavy atom. The molecule has 52 heavy (non-hydrogen) atoms. The van der Waals surface area contributed by atoms with Crippen molar-refractivity contribution in [1.29, 1.82) is 0 Å². The predicted octanol–water partition coefficient (Wildman–Crippen LogP) is 12.1. The number of hydrogen-bond donors (Lipinski definition) is 4. The standard InChI is InChI=1S/C44H85NO6S/c1-3-5-7-9-11-13-15-17-19-20-21-22-23-25-27-29-31-33-35-37-39-43(47)44(48)45-41(40-52(49,50)51)42(46)38-36-34-32-30-28-26-24-18-16-14-12-10-8-6-4-2/h28,30,36,38,41-43,46-47H,3-27,29,31-35,37,39-40H2,1-2H3,(H,45,48)(H,49,50,51)/b30-28+,38-36+. The Labute approximate surface area is 322 Å². The molecule has 0 aromatic heterocycles. The van der Waals surface area contributed by atoms with E-state index in [4.69, 9.17) is 0 Å². The molecule has 0 aliphatic rings. The van der Waals surface area contributed by atoms with Gasteiger partial charge in [0, 0.05) is 0 Å². The second-order valence-corrected chi connectivity index (χ2v) is 17.0. The molecular weight excluding hydrogens is 671 g/mol. The van der Waals surface area contributed by atoms with Gasteiger partial charge in [0.1, 0.15) is 6.10 Å². The highest BCUT2D eigenvalue weighted by molar-refractivity contribution is 7.85. The van der Waals surface area contributed by atoms with Gasteiger partial charge in [-0.3, -0.25) is 9.35 Å². The van der Waals surface area contributed by atoms with Crippen molar-refractivity contribution in [2.24, 2.45) is 0 Å². The van der Waals surface area contributed by atoms with Gasteiger partial charge < -0.3 is 15.5 Å². The van der Waals surface area contributed by atoms with Crippen LogP contribution in [0.4, 0.5) is 0 Å². The van der Waals surface area contributed by atoms with Gasteiger partial charge in [-0.2, -0.15) is 8.42 Å². The van der Waals surface area contributed by atoms with Gasteiger partial charge in [-0.15, -0.1) is 0 Å². The molecule has 0 aliphatic carbocycles. The molecule has 8 heteroatoms.